The maximum absolute atomic E-state index is 11.9. The van der Waals surface area contributed by atoms with Gasteiger partial charge in [0.25, 0.3) is 0 Å². The van der Waals surface area contributed by atoms with Gasteiger partial charge in [-0.05, 0) is 50.5 Å². The smallest absolute Gasteiger partial charge is 0.338 e. The number of halogens is 1. The van der Waals surface area contributed by atoms with E-state index in [1.807, 2.05) is 6.92 Å². The van der Waals surface area contributed by atoms with Gasteiger partial charge >= 0.3 is 5.97 Å². The number of rotatable bonds is 4. The van der Waals surface area contributed by atoms with Gasteiger partial charge in [0.15, 0.2) is 0 Å². The first kappa shape index (κ1) is 14.4. The Bertz CT molecular complexity index is 413. The lowest BCUT2D eigenvalue weighted by atomic mass is 10.1. The van der Waals surface area contributed by atoms with Crippen LogP contribution in [-0.4, -0.2) is 31.7 Å². The maximum atomic E-state index is 11.9. The average molecular weight is 283 g/mol. The number of hydrogen-bond donors (Lipinski definition) is 1. The van der Waals surface area contributed by atoms with Crippen LogP contribution in [0.25, 0.3) is 0 Å². The zero-order valence-corrected chi connectivity index (χ0v) is 12.1. The molecule has 1 fully saturated rings. The molecule has 1 aromatic carbocycles. The van der Waals surface area contributed by atoms with Crippen molar-refractivity contribution in [3.8, 4) is 0 Å². The van der Waals surface area contributed by atoms with Crippen molar-refractivity contribution >= 4 is 17.6 Å². The van der Waals surface area contributed by atoms with Gasteiger partial charge in [-0.2, -0.15) is 0 Å². The minimum Gasteiger partial charge on any atom is -0.453 e. The second kappa shape index (κ2) is 6.92. The van der Waals surface area contributed by atoms with E-state index in [1.54, 1.807) is 29.2 Å². The fraction of sp³-hybridized carbons (Fsp3) is 0.533. The molecule has 4 heteroatoms. The molecule has 1 atom stereocenters. The second-order valence-corrected chi connectivity index (χ2v) is 5.67. The number of likely N-dealkylation sites (tertiary alicyclic amines) is 1. The third kappa shape index (κ3) is 4.51. The van der Waals surface area contributed by atoms with Crippen LogP contribution < -0.4 is 4.90 Å². The fourth-order valence-electron chi connectivity index (χ4n) is 2.54. The Balaban J connectivity index is 1.82. The van der Waals surface area contributed by atoms with Crippen LogP contribution in [0.5, 0.6) is 0 Å². The minimum absolute atomic E-state index is 0.0451. The molecule has 0 radical (unpaired) electrons. The summed E-state index contributed by atoms with van der Waals surface area (Å²) in [7, 11) is 0. The van der Waals surface area contributed by atoms with E-state index in [2.05, 4.69) is 0 Å². The standard InChI is InChI=1S/C15H20ClNO2/c1-12(11-17-9-3-2-4-10-17)19-15(18)13-5-7-14(16)8-6-13/h5-8,12H,2-4,9-11H2,1H3/p+1. The molecule has 19 heavy (non-hydrogen) atoms. The number of esters is 1. The summed E-state index contributed by atoms with van der Waals surface area (Å²) in [6.07, 6.45) is 3.86. The van der Waals surface area contributed by atoms with Gasteiger partial charge in [0.1, 0.15) is 12.6 Å². The van der Waals surface area contributed by atoms with E-state index in [4.69, 9.17) is 16.3 Å². The Kier molecular flexibility index (Phi) is 5.23. The van der Waals surface area contributed by atoms with Crippen molar-refractivity contribution in [2.75, 3.05) is 19.6 Å². The third-order valence-corrected chi connectivity index (χ3v) is 3.78. The zero-order valence-electron chi connectivity index (χ0n) is 11.3. The molecule has 1 aliphatic heterocycles. The van der Waals surface area contributed by atoms with Crippen molar-refractivity contribution in [1.29, 1.82) is 0 Å². The predicted molar refractivity (Wildman–Crippen MR) is 75.7 cm³/mol. The Morgan fingerprint density at radius 2 is 1.89 bits per heavy atom. The molecule has 1 saturated heterocycles. The maximum Gasteiger partial charge on any atom is 0.338 e. The molecule has 2 rings (SSSR count). The predicted octanol–water partition coefficient (Wildman–Crippen LogP) is 1.95. The van der Waals surface area contributed by atoms with Gasteiger partial charge < -0.3 is 9.64 Å². The highest BCUT2D eigenvalue weighted by atomic mass is 35.5. The SMILES string of the molecule is CC(C[NH+]1CCCCC1)OC(=O)c1ccc(Cl)cc1. The molecule has 1 unspecified atom stereocenters. The number of nitrogens with one attached hydrogen (secondary N) is 1. The van der Waals surface area contributed by atoms with Crippen LogP contribution in [0.4, 0.5) is 0 Å². The molecule has 0 amide bonds. The summed E-state index contributed by atoms with van der Waals surface area (Å²) < 4.78 is 5.48. The van der Waals surface area contributed by atoms with Crippen LogP contribution >= 0.6 is 11.6 Å². The molecule has 1 N–H and O–H groups in total. The van der Waals surface area contributed by atoms with Crippen molar-refractivity contribution in [3.05, 3.63) is 34.9 Å². The van der Waals surface area contributed by atoms with Crippen LogP contribution in [0.3, 0.4) is 0 Å². The molecule has 1 heterocycles. The molecule has 0 aliphatic carbocycles. The monoisotopic (exact) mass is 282 g/mol. The van der Waals surface area contributed by atoms with Gasteiger partial charge in [0, 0.05) is 5.02 Å². The van der Waals surface area contributed by atoms with Crippen molar-refractivity contribution < 1.29 is 14.4 Å². The number of hydrogen-bond acceptors (Lipinski definition) is 2. The fourth-order valence-corrected chi connectivity index (χ4v) is 2.67. The van der Waals surface area contributed by atoms with E-state index in [1.165, 1.54) is 32.4 Å². The van der Waals surface area contributed by atoms with E-state index < -0.39 is 0 Å². The number of carbonyl (C=O) groups is 1. The number of carbonyl (C=O) groups excluding carboxylic acids is 1. The highest BCUT2D eigenvalue weighted by Gasteiger charge is 2.19. The first-order valence-electron chi connectivity index (χ1n) is 6.95. The van der Waals surface area contributed by atoms with Gasteiger partial charge in [-0.3, -0.25) is 0 Å². The molecule has 0 saturated carbocycles. The molecule has 1 aromatic rings. The first-order chi connectivity index (χ1) is 9.15. The zero-order chi connectivity index (χ0) is 13.7. The number of benzene rings is 1. The van der Waals surface area contributed by atoms with E-state index >= 15 is 0 Å². The highest BCUT2D eigenvalue weighted by Crippen LogP contribution is 2.11. The highest BCUT2D eigenvalue weighted by molar-refractivity contribution is 6.30. The van der Waals surface area contributed by atoms with Crippen LogP contribution in [-0.2, 0) is 4.74 Å². The van der Waals surface area contributed by atoms with E-state index in [-0.39, 0.29) is 12.1 Å². The molecule has 1 aliphatic rings. The third-order valence-electron chi connectivity index (χ3n) is 3.52. The molecule has 0 aromatic heterocycles. The first-order valence-corrected chi connectivity index (χ1v) is 7.33. The lowest BCUT2D eigenvalue weighted by molar-refractivity contribution is -0.907. The summed E-state index contributed by atoms with van der Waals surface area (Å²) in [4.78, 5) is 13.5. The summed E-state index contributed by atoms with van der Waals surface area (Å²) in [6, 6.07) is 6.81. The molecule has 3 nitrogen and oxygen atoms in total. The Morgan fingerprint density at radius 3 is 2.53 bits per heavy atom. The van der Waals surface area contributed by atoms with Gasteiger partial charge in [0.2, 0.25) is 0 Å². The lowest BCUT2D eigenvalue weighted by Gasteiger charge is -2.26. The number of quaternary nitrogens is 1. The van der Waals surface area contributed by atoms with E-state index in [9.17, 15) is 4.79 Å². The van der Waals surface area contributed by atoms with Crippen molar-refractivity contribution in [1.82, 2.24) is 0 Å². The van der Waals surface area contributed by atoms with Crippen molar-refractivity contribution in [2.24, 2.45) is 0 Å². The van der Waals surface area contributed by atoms with Crippen molar-refractivity contribution in [2.45, 2.75) is 32.3 Å². The van der Waals surface area contributed by atoms with E-state index in [0.29, 0.717) is 10.6 Å². The summed E-state index contributed by atoms with van der Waals surface area (Å²) in [6.45, 7) is 5.26. The summed E-state index contributed by atoms with van der Waals surface area (Å²) >= 11 is 5.80. The van der Waals surface area contributed by atoms with Gasteiger partial charge in [-0.15, -0.1) is 0 Å². The molecular weight excluding hydrogens is 262 g/mol. The van der Waals surface area contributed by atoms with Crippen LogP contribution in [0.2, 0.25) is 5.02 Å². The quantitative estimate of drug-likeness (QED) is 0.856. The topological polar surface area (TPSA) is 30.7 Å². The number of piperidine rings is 1. The Hall–Kier alpha value is -1.06. The minimum atomic E-state index is -0.263. The molecule has 104 valence electrons. The summed E-state index contributed by atoms with van der Waals surface area (Å²) in [5.41, 5.74) is 0.560. The largest absolute Gasteiger partial charge is 0.453 e. The second-order valence-electron chi connectivity index (χ2n) is 5.24. The van der Waals surface area contributed by atoms with Crippen LogP contribution in [0.1, 0.15) is 36.5 Å². The Morgan fingerprint density at radius 1 is 1.26 bits per heavy atom. The summed E-state index contributed by atoms with van der Waals surface area (Å²) in [5, 5.41) is 0.627. The lowest BCUT2D eigenvalue weighted by Crippen LogP contribution is -3.13. The Labute approximate surface area is 119 Å². The van der Waals surface area contributed by atoms with Crippen LogP contribution in [0, 0.1) is 0 Å². The summed E-state index contributed by atoms with van der Waals surface area (Å²) in [5.74, 6) is -0.263. The number of ether oxygens (including phenoxy) is 1. The molecule has 0 bridgehead atoms. The van der Waals surface area contributed by atoms with Gasteiger partial charge in [-0.25, -0.2) is 4.79 Å². The van der Waals surface area contributed by atoms with Gasteiger partial charge in [0.05, 0.1) is 18.7 Å². The van der Waals surface area contributed by atoms with E-state index in [0.717, 1.165) is 6.54 Å². The van der Waals surface area contributed by atoms with Crippen molar-refractivity contribution in [3.63, 3.8) is 0 Å². The average Bonchev–Trinajstić information content (AvgIpc) is 2.40. The molecular formula is C15H21ClNO2+. The molecule has 0 spiro atoms. The normalized spacial score (nSPS) is 18.0. The van der Waals surface area contributed by atoms with Gasteiger partial charge in [-0.1, -0.05) is 11.6 Å². The van der Waals surface area contributed by atoms with Crippen LogP contribution in [0.15, 0.2) is 24.3 Å².